The lowest BCUT2D eigenvalue weighted by molar-refractivity contribution is -0.363. The summed E-state index contributed by atoms with van der Waals surface area (Å²) in [6.45, 7) is 19.5. The largest absolute Gasteiger partial charge is 0.450 e. The summed E-state index contributed by atoms with van der Waals surface area (Å²) in [5, 5.41) is 83.1. The molecule has 0 bridgehead atoms. The van der Waals surface area contributed by atoms with Crippen molar-refractivity contribution < 1.29 is 102 Å². The Labute approximate surface area is 514 Å². The van der Waals surface area contributed by atoms with Gasteiger partial charge in [-0.1, -0.05) is 92.1 Å². The quantitative estimate of drug-likeness (QED) is 0.0865. The highest BCUT2D eigenvalue weighted by atomic mass is 16.7. The monoisotopic (exact) mass is 1230 g/mol. The highest BCUT2D eigenvalue weighted by Gasteiger charge is 2.57. The van der Waals surface area contributed by atoms with Crippen LogP contribution in [0.5, 0.6) is 0 Å². The van der Waals surface area contributed by atoms with Gasteiger partial charge in [0.05, 0.1) is 78.8 Å². The van der Waals surface area contributed by atoms with Crippen molar-refractivity contribution in [1.82, 2.24) is 0 Å². The first-order chi connectivity index (χ1) is 41.0. The topological polar surface area (TPSA) is 287 Å². The normalized spacial score (nSPS) is 43.4. The number of esters is 1. The Morgan fingerprint density at radius 3 is 2.08 bits per heavy atom. The molecule has 0 radical (unpaired) electrons. The fourth-order valence-electron chi connectivity index (χ4n) is 12.9. The van der Waals surface area contributed by atoms with Gasteiger partial charge in [0.15, 0.2) is 36.5 Å². The van der Waals surface area contributed by atoms with E-state index in [1.807, 2.05) is 58.1 Å². The summed E-state index contributed by atoms with van der Waals surface area (Å²) in [6, 6.07) is 8.43. The Hall–Kier alpha value is -3.66. The Kier molecular flexibility index (Phi) is 27.1. The van der Waals surface area contributed by atoms with E-state index in [2.05, 4.69) is 0 Å². The minimum atomic E-state index is -2.43. The summed E-state index contributed by atoms with van der Waals surface area (Å²) in [6.07, 6.45) is -6.14. The first-order valence-electron chi connectivity index (χ1n) is 30.8. The third-order valence-corrected chi connectivity index (χ3v) is 18.1. The minimum Gasteiger partial charge on any atom is -0.450 e. The van der Waals surface area contributed by atoms with Crippen LogP contribution in [-0.4, -0.2) is 210 Å². The second-order valence-corrected chi connectivity index (χ2v) is 25.2. The highest BCUT2D eigenvalue weighted by molar-refractivity contribution is 5.95. The van der Waals surface area contributed by atoms with E-state index in [0.29, 0.717) is 12.0 Å². The molecule has 0 aromatic heterocycles. The fraction of sp³-hybridized carbons (Fsp3) is 0.727. The third kappa shape index (κ3) is 18.8. The molecule has 1 aromatic carbocycles. The summed E-state index contributed by atoms with van der Waals surface area (Å²) >= 11 is 0. The average Bonchev–Trinajstić information content (AvgIpc) is 1.03. The van der Waals surface area contributed by atoms with Crippen LogP contribution in [0.25, 0.3) is 0 Å². The summed E-state index contributed by atoms with van der Waals surface area (Å²) in [7, 11) is 5.88. The van der Waals surface area contributed by atoms with Gasteiger partial charge in [-0.15, -0.1) is 0 Å². The van der Waals surface area contributed by atoms with Gasteiger partial charge in [-0.25, -0.2) is 4.79 Å². The molecule has 2 unspecified atom stereocenters. The van der Waals surface area contributed by atoms with Gasteiger partial charge >= 0.3 is 5.97 Å². The van der Waals surface area contributed by atoms with Crippen LogP contribution >= 0.6 is 0 Å². The average molecular weight is 1230 g/mol. The molecule has 5 aliphatic rings. The first-order valence-corrected chi connectivity index (χ1v) is 30.8. The van der Waals surface area contributed by atoms with Gasteiger partial charge in [-0.3, -0.25) is 4.79 Å². The zero-order valence-electron chi connectivity index (χ0n) is 53.6. The molecule has 492 valence electrons. The zero-order chi connectivity index (χ0) is 64.2. The fourth-order valence-corrected chi connectivity index (χ4v) is 12.9. The summed E-state index contributed by atoms with van der Waals surface area (Å²) in [5.41, 5.74) is 1.55. The van der Waals surface area contributed by atoms with Gasteiger partial charge in [0.25, 0.3) is 0 Å². The number of ketones is 1. The number of allylic oxidation sites excluding steroid dienone is 8. The molecular weight excluding hydrogens is 1130 g/mol. The lowest BCUT2D eigenvalue weighted by atomic mass is 9.73. The second-order valence-electron chi connectivity index (χ2n) is 25.2. The molecule has 4 aliphatic heterocycles. The van der Waals surface area contributed by atoms with E-state index in [-0.39, 0.29) is 62.4 Å². The van der Waals surface area contributed by atoms with Gasteiger partial charge in [0.1, 0.15) is 30.5 Å². The Balaban J connectivity index is 1.22. The minimum absolute atomic E-state index is 0.0214. The number of hydrogen-bond donors (Lipinski definition) is 7. The number of methoxy groups -OCH3 is 4. The van der Waals surface area contributed by atoms with E-state index in [0.717, 1.165) is 16.7 Å². The molecule has 0 saturated carbocycles. The van der Waals surface area contributed by atoms with Crippen molar-refractivity contribution in [3.8, 4) is 0 Å². The van der Waals surface area contributed by atoms with Gasteiger partial charge in [-0.05, 0) is 98.3 Å². The van der Waals surface area contributed by atoms with Crippen LogP contribution < -0.4 is 0 Å². The Morgan fingerprint density at radius 2 is 1.44 bits per heavy atom. The van der Waals surface area contributed by atoms with Gasteiger partial charge < -0.3 is 92.6 Å². The number of carbonyl (C=O) groups excluding carboxylic acids is 2. The van der Waals surface area contributed by atoms with Crippen LogP contribution in [0, 0.1) is 23.7 Å². The van der Waals surface area contributed by atoms with Crippen LogP contribution in [0.1, 0.15) is 131 Å². The first kappa shape index (κ1) is 72.4. The van der Waals surface area contributed by atoms with E-state index in [1.165, 1.54) is 28.4 Å². The third-order valence-electron chi connectivity index (χ3n) is 18.1. The van der Waals surface area contributed by atoms with Crippen LogP contribution in [0.15, 0.2) is 89.1 Å². The van der Waals surface area contributed by atoms with Gasteiger partial charge in [-0.2, -0.15) is 0 Å². The molecule has 7 N–H and O–H groups in total. The van der Waals surface area contributed by atoms with E-state index >= 15 is 0 Å². The van der Waals surface area contributed by atoms with Crippen LogP contribution in [0.3, 0.4) is 0 Å². The summed E-state index contributed by atoms with van der Waals surface area (Å²) < 4.78 is 73.1. The van der Waals surface area contributed by atoms with Crippen molar-refractivity contribution in [2.45, 2.75) is 249 Å². The molecule has 21 heteroatoms. The van der Waals surface area contributed by atoms with E-state index in [4.69, 9.17) is 56.8 Å². The molecule has 0 spiro atoms. The predicted octanol–water partition coefficient (Wildman–Crippen LogP) is 6.12. The van der Waals surface area contributed by atoms with Crippen molar-refractivity contribution in [2.24, 2.45) is 23.7 Å². The molecule has 4 heterocycles. The number of benzene rings is 1. The van der Waals surface area contributed by atoms with Crippen molar-refractivity contribution in [1.29, 1.82) is 0 Å². The highest BCUT2D eigenvalue weighted by Crippen LogP contribution is 2.44. The zero-order valence-corrected chi connectivity index (χ0v) is 53.6. The molecule has 21 nitrogen and oxygen atoms in total. The van der Waals surface area contributed by atoms with Crippen LogP contribution in [-0.2, 0) is 61.6 Å². The lowest BCUT2D eigenvalue weighted by Crippen LogP contribution is -2.64. The number of Topliss-reactive ketones (excluding diaryl/α,β-unsaturated/α-hetero) is 1. The molecule has 1 aliphatic carbocycles. The van der Waals surface area contributed by atoms with Crippen molar-refractivity contribution in [2.75, 3.05) is 35.0 Å². The molecule has 25 atom stereocenters. The maximum Gasteiger partial charge on any atom is 0.338 e. The maximum atomic E-state index is 14.5. The molecule has 6 rings (SSSR count). The number of rotatable bonds is 17. The Bertz CT molecular complexity index is 2500. The number of aliphatic hydroxyl groups is 7. The smallest absolute Gasteiger partial charge is 0.338 e. The molecule has 0 amide bonds. The van der Waals surface area contributed by atoms with Gasteiger partial charge in [0.2, 0.25) is 0 Å². The standard InChI is InChI=1S/C66H102O21/c1-35-20-19-23-48(67)52(77-13)30-46(29-49(68)38(4)27-36(2)26-37(3)28-39(5)50(25-24-35)84-64-60(58(71)59(79-15)43(9)82-64)86-63(73)45-21-17-16-18-22-45)61(72)66(75)41(7)56(69)40(6)51(87-66)31-47(34-76-12)83-55-33-65(11,74)62(44(10)81-55)85-54-32-53(78-14)57(70)42(8)80-54/h16-18,20-22,24-28,39-44,46-48,50-62,64,67,69-72,74-75H,19,23,29-34H2,1-15H3/b25-24+,35-20+,36-26+,37-28+,38-27+/t39-,40+,41-,42-,43+,44+,46?,47-,48+,50-,51?,52+,53-,54+,55+,56+,57-,58-,59+,60+,61-,62+,64+,65+,66-/m1/s1. The van der Waals surface area contributed by atoms with Crippen molar-refractivity contribution >= 4 is 11.8 Å². The van der Waals surface area contributed by atoms with Crippen LogP contribution in [0.4, 0.5) is 0 Å². The maximum absolute atomic E-state index is 14.5. The number of hydrogen-bond acceptors (Lipinski definition) is 21. The number of ether oxygens (including phenoxy) is 12. The molecular formula is C66H102O21. The van der Waals surface area contributed by atoms with Crippen molar-refractivity contribution in [3.63, 3.8) is 0 Å². The SMILES string of the molecule is COC[C@@H](CC1O[C@@](O)([C@H](O)C2CC(=O)/C(C)=C/C(C)=C/C(C)=C/[C@@H](C)[C@H](O[C@@H]3O[C@@H](C)[C@H](OC)[C@@H](O)[C@@H]3OC(=O)c3ccccc3)/C=C/C(C)=C/CC[C@H](O)[C@@H](OC)C2)[C@H](C)[C@@H](O)[C@H]1C)O[C@H]1C[C@](C)(O)[C@@H](O[C@H]2C[C@@H](OC)[C@H](O)[C@@H](C)O2)[C@H](C)O1. The second kappa shape index (κ2) is 32.6. The Morgan fingerprint density at radius 1 is 0.759 bits per heavy atom. The number of aliphatic hydroxyl groups excluding tert-OH is 5. The molecule has 1 aromatic rings. The van der Waals surface area contributed by atoms with E-state index < -0.39 is 152 Å². The molecule has 87 heavy (non-hydrogen) atoms. The van der Waals surface area contributed by atoms with Crippen LogP contribution in [0.2, 0.25) is 0 Å². The summed E-state index contributed by atoms with van der Waals surface area (Å²) in [4.78, 5) is 27.9. The number of carbonyl (C=O) groups is 2. The predicted molar refractivity (Wildman–Crippen MR) is 320 cm³/mol. The van der Waals surface area contributed by atoms with E-state index in [1.54, 1.807) is 84.9 Å². The molecule has 4 fully saturated rings. The lowest BCUT2D eigenvalue weighted by Gasteiger charge is -2.52. The summed E-state index contributed by atoms with van der Waals surface area (Å²) in [5.74, 6) is -6.55. The molecule has 4 saturated heterocycles. The van der Waals surface area contributed by atoms with Crippen molar-refractivity contribution in [3.05, 3.63) is 94.6 Å². The van der Waals surface area contributed by atoms with E-state index in [9.17, 15) is 45.3 Å². The van der Waals surface area contributed by atoms with Gasteiger partial charge in [0, 0.05) is 71.9 Å².